The Morgan fingerprint density at radius 2 is 1.88 bits per heavy atom. The van der Waals surface area contributed by atoms with E-state index in [1.807, 2.05) is 43.3 Å². The van der Waals surface area contributed by atoms with Gasteiger partial charge in [-0.1, -0.05) is 11.6 Å². The van der Waals surface area contributed by atoms with Gasteiger partial charge in [0.25, 0.3) is 0 Å². The fraction of sp³-hybridized carbons (Fsp3) is 0.200. The largest absolute Gasteiger partial charge is 0.493 e. The maximum Gasteiger partial charge on any atom is 0.221 e. The molecule has 0 spiro atoms. The van der Waals surface area contributed by atoms with Crippen LogP contribution < -0.4 is 14.8 Å². The molecule has 26 heavy (non-hydrogen) atoms. The molecule has 0 fully saturated rings. The summed E-state index contributed by atoms with van der Waals surface area (Å²) in [5.41, 5.74) is 4.24. The zero-order chi connectivity index (χ0) is 18.8. The number of nitrogens with one attached hydrogen (secondary N) is 1. The molecule has 3 aromatic rings. The van der Waals surface area contributed by atoms with E-state index in [0.717, 1.165) is 33.4 Å². The number of nitrogens with zero attached hydrogens (tertiary/aromatic N) is 1. The van der Waals surface area contributed by atoms with Crippen LogP contribution in [0.4, 0.5) is 5.69 Å². The highest BCUT2D eigenvalue weighted by Gasteiger charge is 2.14. The molecule has 0 saturated heterocycles. The maximum atomic E-state index is 11.3. The predicted octanol–water partition coefficient (Wildman–Crippen LogP) is 4.84. The molecule has 0 aliphatic heterocycles. The van der Waals surface area contributed by atoms with Crippen LogP contribution in [-0.4, -0.2) is 25.1 Å². The molecule has 0 atom stereocenters. The van der Waals surface area contributed by atoms with Gasteiger partial charge in [-0.05, 0) is 48.9 Å². The third kappa shape index (κ3) is 3.44. The summed E-state index contributed by atoms with van der Waals surface area (Å²) in [5, 5.41) is 4.23. The molecule has 134 valence electrons. The number of pyridine rings is 1. The first-order valence-corrected chi connectivity index (χ1v) is 8.41. The van der Waals surface area contributed by atoms with Crippen LogP contribution in [0.5, 0.6) is 11.5 Å². The van der Waals surface area contributed by atoms with Crippen LogP contribution in [0.2, 0.25) is 5.02 Å². The van der Waals surface area contributed by atoms with Crippen molar-refractivity contribution >= 4 is 34.1 Å². The molecule has 3 rings (SSSR count). The first-order valence-electron chi connectivity index (χ1n) is 8.04. The Labute approximate surface area is 156 Å². The van der Waals surface area contributed by atoms with E-state index in [-0.39, 0.29) is 5.91 Å². The van der Waals surface area contributed by atoms with E-state index in [1.165, 1.54) is 6.92 Å². The number of hydrogen-bond donors (Lipinski definition) is 1. The molecule has 0 unspecified atom stereocenters. The number of hydrogen-bond acceptors (Lipinski definition) is 4. The normalized spacial score (nSPS) is 10.7. The lowest BCUT2D eigenvalue weighted by atomic mass is 10.0. The Bertz CT molecular complexity index is 1000. The summed E-state index contributed by atoms with van der Waals surface area (Å²) in [5.74, 6) is 0.942. The Morgan fingerprint density at radius 3 is 2.54 bits per heavy atom. The third-order valence-electron chi connectivity index (χ3n) is 4.07. The lowest BCUT2D eigenvalue weighted by Crippen LogP contribution is -2.05. The molecule has 0 aliphatic rings. The molecule has 1 aromatic heterocycles. The monoisotopic (exact) mass is 370 g/mol. The van der Waals surface area contributed by atoms with Gasteiger partial charge in [-0.25, -0.2) is 4.98 Å². The van der Waals surface area contributed by atoms with Gasteiger partial charge in [-0.15, -0.1) is 0 Å². The molecule has 2 aromatic carbocycles. The van der Waals surface area contributed by atoms with Gasteiger partial charge in [0.15, 0.2) is 11.5 Å². The van der Waals surface area contributed by atoms with E-state index in [4.69, 9.17) is 26.1 Å². The smallest absolute Gasteiger partial charge is 0.221 e. The van der Waals surface area contributed by atoms with Gasteiger partial charge in [0, 0.05) is 23.6 Å². The van der Waals surface area contributed by atoms with Crippen LogP contribution in [0.1, 0.15) is 12.5 Å². The minimum Gasteiger partial charge on any atom is -0.493 e. The topological polar surface area (TPSA) is 60.5 Å². The highest BCUT2D eigenvalue weighted by atomic mass is 35.5. The first-order chi connectivity index (χ1) is 12.4. The van der Waals surface area contributed by atoms with Crippen molar-refractivity contribution in [2.75, 3.05) is 19.5 Å². The van der Waals surface area contributed by atoms with Crippen molar-refractivity contribution in [2.45, 2.75) is 13.8 Å². The molecular weight excluding hydrogens is 352 g/mol. The van der Waals surface area contributed by atoms with E-state index in [1.54, 1.807) is 14.2 Å². The Hall–Kier alpha value is -2.79. The molecule has 6 heteroatoms. The molecule has 1 heterocycles. The average Bonchev–Trinajstić information content (AvgIpc) is 2.60. The number of methoxy groups -OCH3 is 2. The lowest BCUT2D eigenvalue weighted by molar-refractivity contribution is -0.114. The number of anilines is 1. The van der Waals surface area contributed by atoms with Crippen LogP contribution in [0.15, 0.2) is 36.4 Å². The second-order valence-corrected chi connectivity index (χ2v) is 6.34. The third-order valence-corrected chi connectivity index (χ3v) is 4.35. The lowest BCUT2D eigenvalue weighted by Gasteiger charge is -2.13. The number of aryl methyl sites for hydroxylation is 1. The zero-order valence-electron chi connectivity index (χ0n) is 15.0. The molecule has 0 bridgehead atoms. The van der Waals surface area contributed by atoms with Crippen molar-refractivity contribution < 1.29 is 14.3 Å². The van der Waals surface area contributed by atoms with Gasteiger partial charge < -0.3 is 14.8 Å². The van der Waals surface area contributed by atoms with Crippen molar-refractivity contribution in [1.29, 1.82) is 0 Å². The van der Waals surface area contributed by atoms with E-state index < -0.39 is 0 Å². The molecule has 0 aliphatic carbocycles. The quantitative estimate of drug-likeness (QED) is 0.713. The SMILES string of the molecule is COc1cc(-c2cc(C)c3cc(NC(C)=O)ccc3n2)cc(Cl)c1OC. The fourth-order valence-corrected chi connectivity index (χ4v) is 3.18. The predicted molar refractivity (Wildman–Crippen MR) is 104 cm³/mol. The van der Waals surface area contributed by atoms with Crippen LogP contribution >= 0.6 is 11.6 Å². The van der Waals surface area contributed by atoms with E-state index in [0.29, 0.717) is 16.5 Å². The van der Waals surface area contributed by atoms with Crippen molar-refractivity contribution in [1.82, 2.24) is 4.98 Å². The molecule has 5 nitrogen and oxygen atoms in total. The first kappa shape index (κ1) is 18.0. The number of aromatic nitrogens is 1. The van der Waals surface area contributed by atoms with Crippen molar-refractivity contribution in [3.63, 3.8) is 0 Å². The van der Waals surface area contributed by atoms with E-state index in [2.05, 4.69) is 5.32 Å². The Morgan fingerprint density at radius 1 is 1.12 bits per heavy atom. The highest BCUT2D eigenvalue weighted by Crippen LogP contribution is 2.39. The van der Waals surface area contributed by atoms with E-state index >= 15 is 0 Å². The standard InChI is InChI=1S/C20H19ClN2O3/c1-11-7-18(13-8-16(21)20(26-4)19(9-13)25-3)23-17-6-5-14(10-15(11)17)22-12(2)24/h5-10H,1-4H3,(H,22,24). The van der Waals surface area contributed by atoms with Crippen molar-refractivity contribution in [2.24, 2.45) is 0 Å². The zero-order valence-corrected chi connectivity index (χ0v) is 15.8. The number of carbonyl (C=O) groups excluding carboxylic acids is 1. The van der Waals surface area contributed by atoms with Gasteiger partial charge in [0.1, 0.15) is 0 Å². The van der Waals surface area contributed by atoms with Crippen LogP contribution in [0.3, 0.4) is 0 Å². The molecular formula is C20H19ClN2O3. The molecule has 0 saturated carbocycles. The van der Waals surface area contributed by atoms with Gasteiger partial charge in [0.05, 0.1) is 30.5 Å². The number of halogens is 1. The summed E-state index contributed by atoms with van der Waals surface area (Å²) in [6.07, 6.45) is 0. The average molecular weight is 371 g/mol. The summed E-state index contributed by atoms with van der Waals surface area (Å²) in [4.78, 5) is 16.0. The highest BCUT2D eigenvalue weighted by molar-refractivity contribution is 6.32. The number of ether oxygens (including phenoxy) is 2. The number of benzene rings is 2. The Balaban J connectivity index is 2.12. The summed E-state index contributed by atoms with van der Waals surface area (Å²) in [6.45, 7) is 3.49. The van der Waals surface area contributed by atoms with Crippen LogP contribution in [0.25, 0.3) is 22.2 Å². The van der Waals surface area contributed by atoms with Crippen LogP contribution in [0, 0.1) is 6.92 Å². The number of carbonyl (C=O) groups is 1. The summed E-state index contributed by atoms with van der Waals surface area (Å²) in [7, 11) is 3.12. The van der Waals surface area contributed by atoms with Crippen molar-refractivity contribution in [3.05, 3.63) is 47.0 Å². The van der Waals surface area contributed by atoms with Gasteiger partial charge in [-0.2, -0.15) is 0 Å². The number of amides is 1. The van der Waals surface area contributed by atoms with Gasteiger partial charge >= 0.3 is 0 Å². The second-order valence-electron chi connectivity index (χ2n) is 5.93. The Kier molecular flexibility index (Phi) is 5.00. The second kappa shape index (κ2) is 7.22. The summed E-state index contributed by atoms with van der Waals surface area (Å²) >= 11 is 6.32. The summed E-state index contributed by atoms with van der Waals surface area (Å²) in [6, 6.07) is 11.3. The molecule has 1 amide bonds. The molecule has 1 N–H and O–H groups in total. The fourth-order valence-electron chi connectivity index (χ4n) is 2.89. The molecule has 0 radical (unpaired) electrons. The van der Waals surface area contributed by atoms with Gasteiger partial charge in [0.2, 0.25) is 5.91 Å². The number of fused-ring (bicyclic) bond motifs is 1. The minimum atomic E-state index is -0.105. The van der Waals surface area contributed by atoms with Crippen LogP contribution in [-0.2, 0) is 4.79 Å². The minimum absolute atomic E-state index is 0.105. The van der Waals surface area contributed by atoms with Crippen molar-refractivity contribution in [3.8, 4) is 22.8 Å². The maximum absolute atomic E-state index is 11.3. The number of rotatable bonds is 4. The summed E-state index contributed by atoms with van der Waals surface area (Å²) < 4.78 is 10.7. The van der Waals surface area contributed by atoms with Gasteiger partial charge in [-0.3, -0.25) is 4.79 Å². The van der Waals surface area contributed by atoms with E-state index in [9.17, 15) is 4.79 Å².